The van der Waals surface area contributed by atoms with Gasteiger partial charge in [-0.15, -0.1) is 0 Å². The summed E-state index contributed by atoms with van der Waals surface area (Å²) in [5, 5.41) is 10.8. The Hall–Kier alpha value is -0.480. The summed E-state index contributed by atoms with van der Waals surface area (Å²) in [6, 6.07) is 11.8. The van der Waals surface area contributed by atoms with Crippen molar-refractivity contribution in [3.8, 4) is 0 Å². The topological polar surface area (TPSA) is 60.8 Å². The van der Waals surface area contributed by atoms with Crippen LogP contribution in [0.4, 0.5) is 0 Å². The molecule has 0 spiro atoms. The Kier molecular flexibility index (Phi) is 6.23. The molecule has 0 saturated carbocycles. The molecule has 0 bridgehead atoms. The molecule has 0 radical (unpaired) electrons. The number of thioether (sulfide) groups is 1. The second kappa shape index (κ2) is 8.49. The van der Waals surface area contributed by atoms with Gasteiger partial charge in [0.25, 0.3) is 0 Å². The van der Waals surface area contributed by atoms with Crippen LogP contribution in [-0.2, 0) is 14.2 Å². The summed E-state index contributed by atoms with van der Waals surface area (Å²) >= 11 is 8.34. The van der Waals surface area contributed by atoms with Gasteiger partial charge in [0.05, 0.1) is 18.8 Å². The van der Waals surface area contributed by atoms with Gasteiger partial charge in [-0.1, -0.05) is 49.0 Å². The zero-order valence-corrected chi connectivity index (χ0v) is 18.5. The third kappa shape index (κ3) is 4.27. The molecule has 27 heavy (non-hydrogen) atoms. The number of aromatic nitrogens is 1. The van der Waals surface area contributed by atoms with Crippen molar-refractivity contribution in [2.75, 3.05) is 6.61 Å². The van der Waals surface area contributed by atoms with Crippen molar-refractivity contribution < 1.29 is 19.3 Å². The minimum atomic E-state index is -0.670. The number of nitrogens with zero attached hydrogens (tertiary/aromatic N) is 1. The molecule has 1 N–H and O–H groups in total. The maximum absolute atomic E-state index is 10.8. The van der Waals surface area contributed by atoms with Crippen LogP contribution in [0.2, 0.25) is 0 Å². The van der Waals surface area contributed by atoms with E-state index in [9.17, 15) is 5.11 Å². The molecule has 0 amide bonds. The molecule has 4 unspecified atom stereocenters. The summed E-state index contributed by atoms with van der Waals surface area (Å²) in [5.41, 5.74) is 0.549. The summed E-state index contributed by atoms with van der Waals surface area (Å²) in [7, 11) is 0. The molecule has 6 atom stereocenters. The fraction of sp³-hybridized carbons (Fsp3) is 0.421. The van der Waals surface area contributed by atoms with E-state index in [0.717, 1.165) is 19.5 Å². The van der Waals surface area contributed by atoms with Crippen molar-refractivity contribution in [1.82, 2.24) is 4.98 Å². The number of rotatable bonds is 3. The summed E-state index contributed by atoms with van der Waals surface area (Å²) in [6.07, 6.45) is 0.173. The van der Waals surface area contributed by atoms with Crippen molar-refractivity contribution in [3.05, 3.63) is 57.2 Å². The van der Waals surface area contributed by atoms with Gasteiger partial charge in [-0.05, 0) is 37.9 Å². The minimum Gasteiger partial charge on any atom is -0.389 e. The van der Waals surface area contributed by atoms with E-state index in [-0.39, 0.29) is 18.1 Å². The molecule has 8 heteroatoms. The lowest BCUT2D eigenvalue weighted by Gasteiger charge is -2.47. The highest BCUT2D eigenvalue weighted by molar-refractivity contribution is 9.11. The van der Waals surface area contributed by atoms with Crippen molar-refractivity contribution in [3.63, 3.8) is 0 Å². The maximum atomic E-state index is 10.8. The van der Waals surface area contributed by atoms with Gasteiger partial charge in [-0.2, -0.15) is 0 Å². The molecule has 3 heterocycles. The van der Waals surface area contributed by atoms with Crippen LogP contribution >= 0.6 is 43.6 Å². The smallest absolute Gasteiger partial charge is 0.184 e. The molecule has 1 aromatic carbocycles. The molecular weight excluding hydrogens is 498 g/mol. The fourth-order valence-electron chi connectivity index (χ4n) is 3.32. The van der Waals surface area contributed by atoms with Crippen molar-refractivity contribution in [2.24, 2.45) is 5.92 Å². The number of ether oxygens (including phenoxy) is 3. The molecular formula is C19H19Br2NO4S. The monoisotopic (exact) mass is 515 g/mol. The normalized spacial score (nSPS) is 33.5. The molecule has 4 rings (SSSR count). The lowest BCUT2D eigenvalue weighted by Crippen LogP contribution is -2.57. The first-order valence-electron chi connectivity index (χ1n) is 8.66. The van der Waals surface area contributed by atoms with Crippen LogP contribution in [0.3, 0.4) is 0 Å². The molecule has 2 aliphatic heterocycles. The largest absolute Gasteiger partial charge is 0.389 e. The van der Waals surface area contributed by atoms with E-state index < -0.39 is 17.8 Å². The van der Waals surface area contributed by atoms with E-state index in [2.05, 4.69) is 36.8 Å². The van der Waals surface area contributed by atoms with E-state index >= 15 is 0 Å². The highest BCUT2D eigenvalue weighted by Gasteiger charge is 2.47. The summed E-state index contributed by atoms with van der Waals surface area (Å²) in [4.78, 5) is 5.18. The Bertz CT molecular complexity index is 795. The Morgan fingerprint density at radius 2 is 1.96 bits per heavy atom. The van der Waals surface area contributed by atoms with Crippen LogP contribution in [-0.4, -0.2) is 40.4 Å². The average molecular weight is 517 g/mol. The first-order chi connectivity index (χ1) is 13.0. The van der Waals surface area contributed by atoms with Gasteiger partial charge in [0.1, 0.15) is 16.1 Å². The highest BCUT2D eigenvalue weighted by Crippen LogP contribution is 2.42. The molecule has 2 fully saturated rings. The highest BCUT2D eigenvalue weighted by atomic mass is 79.9. The fourth-order valence-corrected chi connectivity index (χ4v) is 5.48. The Morgan fingerprint density at radius 1 is 1.19 bits per heavy atom. The third-order valence-corrected chi connectivity index (χ3v) is 7.31. The first-order valence-corrected chi connectivity index (χ1v) is 11.1. The van der Waals surface area contributed by atoms with Gasteiger partial charge < -0.3 is 19.3 Å². The van der Waals surface area contributed by atoms with Crippen molar-refractivity contribution in [2.45, 2.75) is 41.9 Å². The molecule has 1 aromatic heterocycles. The van der Waals surface area contributed by atoms with Crippen LogP contribution < -0.4 is 0 Å². The zero-order valence-electron chi connectivity index (χ0n) is 14.5. The average Bonchev–Trinajstić information content (AvgIpc) is 2.69. The van der Waals surface area contributed by atoms with Crippen LogP contribution in [0.5, 0.6) is 0 Å². The summed E-state index contributed by atoms with van der Waals surface area (Å²) in [6.45, 7) is 2.43. The van der Waals surface area contributed by atoms with Gasteiger partial charge in [-0.3, -0.25) is 0 Å². The summed E-state index contributed by atoms with van der Waals surface area (Å²) in [5.74, 6) is -0.0877. The van der Waals surface area contributed by atoms with E-state index in [4.69, 9.17) is 14.2 Å². The van der Waals surface area contributed by atoms with E-state index in [1.54, 1.807) is 6.20 Å². The number of benzene rings is 1. The van der Waals surface area contributed by atoms with Gasteiger partial charge in [0.15, 0.2) is 6.29 Å². The molecule has 5 nitrogen and oxygen atoms in total. The number of aliphatic hydroxyl groups excluding tert-OH is 1. The number of pyridine rings is 1. The van der Waals surface area contributed by atoms with Crippen molar-refractivity contribution >= 4 is 43.6 Å². The SMILES string of the molecule is CC1C(O)[C@@H](Sc2cc(Br)cnc2Br)OC2COC(c3ccccc3)O[C@@H]21. The van der Waals surface area contributed by atoms with E-state index in [1.807, 2.05) is 43.3 Å². The number of aliphatic hydroxyl groups is 1. The van der Waals surface area contributed by atoms with Crippen molar-refractivity contribution in [1.29, 1.82) is 0 Å². The predicted molar refractivity (Wildman–Crippen MR) is 109 cm³/mol. The lowest BCUT2D eigenvalue weighted by molar-refractivity contribution is -0.307. The number of halogens is 2. The lowest BCUT2D eigenvalue weighted by atomic mass is 9.91. The van der Waals surface area contributed by atoms with Gasteiger partial charge in [-0.25, -0.2) is 4.98 Å². The Morgan fingerprint density at radius 3 is 2.74 bits per heavy atom. The van der Waals surface area contributed by atoms with Gasteiger partial charge >= 0.3 is 0 Å². The molecule has 2 aromatic rings. The first kappa shape index (κ1) is 19.8. The van der Waals surface area contributed by atoms with E-state index in [1.165, 1.54) is 11.8 Å². The maximum Gasteiger partial charge on any atom is 0.184 e. The number of hydrogen-bond donors (Lipinski definition) is 1. The third-order valence-electron chi connectivity index (χ3n) is 4.79. The van der Waals surface area contributed by atoms with Crippen LogP contribution in [0.1, 0.15) is 18.8 Å². The zero-order chi connectivity index (χ0) is 19.0. The molecule has 0 aliphatic carbocycles. The van der Waals surface area contributed by atoms with E-state index in [0.29, 0.717) is 6.61 Å². The quantitative estimate of drug-likeness (QED) is 0.604. The molecule has 144 valence electrons. The number of hydrogen-bond acceptors (Lipinski definition) is 6. The van der Waals surface area contributed by atoms with Gasteiger partial charge in [0.2, 0.25) is 0 Å². The Labute approximate surface area is 179 Å². The van der Waals surface area contributed by atoms with Crippen LogP contribution in [0, 0.1) is 5.92 Å². The second-order valence-corrected chi connectivity index (χ2v) is 9.44. The second-order valence-electron chi connectivity index (χ2n) is 6.63. The minimum absolute atomic E-state index is 0.0877. The number of fused-ring (bicyclic) bond motifs is 1. The van der Waals surface area contributed by atoms with Crippen LogP contribution in [0.25, 0.3) is 0 Å². The molecule has 2 saturated heterocycles. The summed E-state index contributed by atoms with van der Waals surface area (Å²) < 4.78 is 19.8. The Balaban J connectivity index is 1.48. The van der Waals surface area contributed by atoms with Crippen LogP contribution in [0.15, 0.2) is 56.6 Å². The standard InChI is InChI=1S/C19H19Br2NO4S/c1-10-15(23)19(27-14-7-12(20)8-22-17(14)21)25-13-9-24-18(26-16(10)13)11-5-3-2-4-6-11/h2-8,10,13,15-16,18-19,23H,9H2,1H3/t10?,13?,15?,16-,18?,19-/m1/s1. The molecule has 2 aliphatic rings. The van der Waals surface area contributed by atoms with Gasteiger partial charge in [0, 0.05) is 27.0 Å². The predicted octanol–water partition coefficient (Wildman–Crippen LogP) is 4.53.